The highest BCUT2D eigenvalue weighted by Crippen LogP contribution is 2.26. The predicted molar refractivity (Wildman–Crippen MR) is 79.7 cm³/mol. The summed E-state index contributed by atoms with van der Waals surface area (Å²) >= 11 is 6.01. The van der Waals surface area contributed by atoms with E-state index in [4.69, 9.17) is 22.1 Å². The molecular weight excluding hydrogens is 258 g/mol. The van der Waals surface area contributed by atoms with Gasteiger partial charge in [-0.25, -0.2) is 0 Å². The van der Waals surface area contributed by atoms with Gasteiger partial charge in [0.15, 0.2) is 0 Å². The van der Waals surface area contributed by atoms with Crippen LogP contribution in [0.2, 0.25) is 5.02 Å². The second-order valence-electron chi connectivity index (χ2n) is 4.96. The number of benzene rings is 2. The molecule has 0 bridgehead atoms. The van der Waals surface area contributed by atoms with Crippen LogP contribution in [-0.4, -0.2) is 7.11 Å². The number of halogens is 1. The summed E-state index contributed by atoms with van der Waals surface area (Å²) in [5, 5.41) is 0.735. The van der Waals surface area contributed by atoms with Crippen molar-refractivity contribution in [1.82, 2.24) is 0 Å². The Balaban J connectivity index is 2.26. The molecular formula is C16H18ClNO. The van der Waals surface area contributed by atoms with Crippen LogP contribution >= 0.6 is 11.6 Å². The Morgan fingerprint density at radius 1 is 1.16 bits per heavy atom. The SMILES string of the molecule is COc1cccc(C(C)(N)Cc2cccc(Cl)c2)c1. The molecule has 0 spiro atoms. The fourth-order valence-electron chi connectivity index (χ4n) is 2.15. The summed E-state index contributed by atoms with van der Waals surface area (Å²) in [6.45, 7) is 2.02. The van der Waals surface area contributed by atoms with Crippen molar-refractivity contribution in [3.05, 3.63) is 64.7 Å². The Morgan fingerprint density at radius 3 is 2.58 bits per heavy atom. The third-order valence-corrected chi connectivity index (χ3v) is 3.42. The van der Waals surface area contributed by atoms with E-state index < -0.39 is 5.54 Å². The monoisotopic (exact) mass is 275 g/mol. The van der Waals surface area contributed by atoms with Gasteiger partial charge in [-0.3, -0.25) is 0 Å². The van der Waals surface area contributed by atoms with Gasteiger partial charge in [0.05, 0.1) is 7.11 Å². The molecule has 1 atom stereocenters. The van der Waals surface area contributed by atoms with E-state index in [0.29, 0.717) is 0 Å². The summed E-state index contributed by atoms with van der Waals surface area (Å²) in [4.78, 5) is 0. The number of ether oxygens (including phenoxy) is 1. The van der Waals surface area contributed by atoms with Crippen LogP contribution in [0.25, 0.3) is 0 Å². The van der Waals surface area contributed by atoms with Crippen LogP contribution < -0.4 is 10.5 Å². The van der Waals surface area contributed by atoms with Crippen LogP contribution in [0.5, 0.6) is 5.75 Å². The van der Waals surface area contributed by atoms with E-state index in [0.717, 1.165) is 28.3 Å². The van der Waals surface area contributed by atoms with Crippen LogP contribution in [-0.2, 0) is 12.0 Å². The van der Waals surface area contributed by atoms with Crippen LogP contribution in [0.3, 0.4) is 0 Å². The molecule has 0 aliphatic carbocycles. The molecule has 100 valence electrons. The Labute approximate surface area is 119 Å². The zero-order valence-electron chi connectivity index (χ0n) is 11.2. The van der Waals surface area contributed by atoms with E-state index in [-0.39, 0.29) is 0 Å². The lowest BCUT2D eigenvalue weighted by Crippen LogP contribution is -2.35. The summed E-state index contributed by atoms with van der Waals surface area (Å²) < 4.78 is 5.24. The molecule has 2 rings (SSSR count). The molecule has 2 aromatic rings. The smallest absolute Gasteiger partial charge is 0.119 e. The van der Waals surface area contributed by atoms with Crippen molar-refractivity contribution in [2.45, 2.75) is 18.9 Å². The van der Waals surface area contributed by atoms with Crippen LogP contribution in [0.1, 0.15) is 18.1 Å². The van der Waals surface area contributed by atoms with E-state index >= 15 is 0 Å². The van der Waals surface area contributed by atoms with Crippen LogP contribution in [0, 0.1) is 0 Å². The Morgan fingerprint density at radius 2 is 1.89 bits per heavy atom. The minimum Gasteiger partial charge on any atom is -0.497 e. The lowest BCUT2D eigenvalue weighted by molar-refractivity contribution is 0.410. The maximum absolute atomic E-state index is 6.45. The molecule has 2 aromatic carbocycles. The minimum absolute atomic E-state index is 0.459. The molecule has 3 heteroatoms. The molecule has 2 N–H and O–H groups in total. The Kier molecular flexibility index (Phi) is 4.13. The molecule has 2 nitrogen and oxygen atoms in total. The molecule has 0 heterocycles. The first-order valence-electron chi connectivity index (χ1n) is 6.19. The van der Waals surface area contributed by atoms with E-state index in [9.17, 15) is 0 Å². The minimum atomic E-state index is -0.459. The van der Waals surface area contributed by atoms with Gasteiger partial charge in [0.2, 0.25) is 0 Å². The lowest BCUT2D eigenvalue weighted by Gasteiger charge is -2.26. The van der Waals surface area contributed by atoms with Crippen LogP contribution in [0.15, 0.2) is 48.5 Å². The summed E-state index contributed by atoms with van der Waals surface area (Å²) in [5.74, 6) is 0.820. The zero-order chi connectivity index (χ0) is 13.9. The third kappa shape index (κ3) is 3.49. The van der Waals surface area contributed by atoms with Gasteiger partial charge in [-0.15, -0.1) is 0 Å². The third-order valence-electron chi connectivity index (χ3n) is 3.19. The summed E-state index contributed by atoms with van der Waals surface area (Å²) in [6, 6.07) is 15.7. The van der Waals surface area contributed by atoms with Crippen molar-refractivity contribution in [2.75, 3.05) is 7.11 Å². The van der Waals surface area contributed by atoms with Crippen molar-refractivity contribution < 1.29 is 4.74 Å². The highest BCUT2D eigenvalue weighted by atomic mass is 35.5. The normalized spacial score (nSPS) is 13.9. The van der Waals surface area contributed by atoms with E-state index in [1.54, 1.807) is 7.11 Å². The molecule has 0 saturated carbocycles. The topological polar surface area (TPSA) is 35.2 Å². The Hall–Kier alpha value is -1.51. The fourth-order valence-corrected chi connectivity index (χ4v) is 2.36. The van der Waals surface area contributed by atoms with Crippen molar-refractivity contribution in [3.8, 4) is 5.75 Å². The number of hydrogen-bond acceptors (Lipinski definition) is 2. The number of nitrogens with two attached hydrogens (primary N) is 1. The molecule has 1 unspecified atom stereocenters. The second kappa shape index (κ2) is 5.64. The number of methoxy groups -OCH3 is 1. The van der Waals surface area contributed by atoms with Gasteiger partial charge in [0.1, 0.15) is 5.75 Å². The predicted octanol–water partition coefficient (Wildman–Crippen LogP) is 3.77. The van der Waals surface area contributed by atoms with Gasteiger partial charge in [-0.2, -0.15) is 0 Å². The van der Waals surface area contributed by atoms with Gasteiger partial charge >= 0.3 is 0 Å². The molecule has 0 radical (unpaired) electrons. The first-order chi connectivity index (χ1) is 9.01. The molecule has 0 fully saturated rings. The Bertz CT molecular complexity index is 566. The summed E-state index contributed by atoms with van der Waals surface area (Å²) in [7, 11) is 1.66. The highest BCUT2D eigenvalue weighted by Gasteiger charge is 2.22. The largest absolute Gasteiger partial charge is 0.497 e. The van der Waals surface area contributed by atoms with E-state index in [1.165, 1.54) is 0 Å². The average Bonchev–Trinajstić information content (AvgIpc) is 2.38. The molecule has 0 aromatic heterocycles. The van der Waals surface area contributed by atoms with Crippen molar-refractivity contribution in [3.63, 3.8) is 0 Å². The van der Waals surface area contributed by atoms with Gasteiger partial charge in [-0.05, 0) is 48.7 Å². The van der Waals surface area contributed by atoms with Crippen molar-refractivity contribution >= 4 is 11.6 Å². The number of hydrogen-bond donors (Lipinski definition) is 1. The van der Waals surface area contributed by atoms with E-state index in [2.05, 4.69) is 0 Å². The zero-order valence-corrected chi connectivity index (χ0v) is 11.9. The van der Waals surface area contributed by atoms with E-state index in [1.807, 2.05) is 55.5 Å². The summed E-state index contributed by atoms with van der Waals surface area (Å²) in [5.41, 5.74) is 8.16. The average molecular weight is 276 g/mol. The van der Waals surface area contributed by atoms with Gasteiger partial charge in [0.25, 0.3) is 0 Å². The number of rotatable bonds is 4. The van der Waals surface area contributed by atoms with Crippen LogP contribution in [0.4, 0.5) is 0 Å². The fraction of sp³-hybridized carbons (Fsp3) is 0.250. The first kappa shape index (κ1) is 13.9. The van der Waals surface area contributed by atoms with Gasteiger partial charge in [0, 0.05) is 10.6 Å². The molecule has 0 amide bonds. The van der Waals surface area contributed by atoms with Gasteiger partial charge in [-0.1, -0.05) is 35.9 Å². The maximum atomic E-state index is 6.45. The molecule has 0 saturated heterocycles. The molecule has 19 heavy (non-hydrogen) atoms. The quantitative estimate of drug-likeness (QED) is 0.922. The maximum Gasteiger partial charge on any atom is 0.119 e. The van der Waals surface area contributed by atoms with Gasteiger partial charge < -0.3 is 10.5 Å². The summed E-state index contributed by atoms with van der Waals surface area (Å²) in [6.07, 6.45) is 0.723. The highest BCUT2D eigenvalue weighted by molar-refractivity contribution is 6.30. The molecule has 0 aliphatic heterocycles. The van der Waals surface area contributed by atoms with Crippen molar-refractivity contribution in [1.29, 1.82) is 0 Å². The first-order valence-corrected chi connectivity index (χ1v) is 6.57. The second-order valence-corrected chi connectivity index (χ2v) is 5.39. The lowest BCUT2D eigenvalue weighted by atomic mass is 9.86. The van der Waals surface area contributed by atoms with Crippen molar-refractivity contribution in [2.24, 2.45) is 5.73 Å². The standard InChI is InChI=1S/C16H18ClNO/c1-16(18,11-12-5-3-7-14(17)9-12)13-6-4-8-15(10-13)19-2/h3-10H,11,18H2,1-2H3. The molecule has 0 aliphatic rings.